The molecule has 0 radical (unpaired) electrons. The molecule has 0 spiro atoms. The Hall–Kier alpha value is -1.94. The fraction of sp³-hybridized carbons (Fsp3) is 0.949. The molecule has 97 heavy (non-hydrogen) atoms. The average Bonchev–Trinajstić information content (AvgIpc) is 1.68. The predicted octanol–water partition coefficient (Wildman–Crippen LogP) is 23.0. The highest BCUT2D eigenvalue weighted by Crippen LogP contribution is 2.45. The van der Waals surface area contributed by atoms with Crippen LogP contribution in [0.15, 0.2) is 0 Å². The summed E-state index contributed by atoms with van der Waals surface area (Å²) in [6.45, 7) is 11.9. The van der Waals surface area contributed by atoms with Crippen LogP contribution in [0.1, 0.15) is 402 Å². The molecule has 0 amide bonds. The molecule has 0 aliphatic carbocycles. The number of carbonyl (C=O) groups excluding carboxylic acids is 4. The molecular weight excluding hydrogens is 1270 g/mol. The van der Waals surface area contributed by atoms with Gasteiger partial charge in [0.05, 0.1) is 26.4 Å². The number of carbonyl (C=O) groups is 4. The minimum absolute atomic E-state index is 0.105. The van der Waals surface area contributed by atoms with Gasteiger partial charge in [0.15, 0.2) is 12.2 Å². The zero-order valence-corrected chi connectivity index (χ0v) is 65.3. The highest BCUT2D eigenvalue weighted by atomic mass is 31.2. The van der Waals surface area contributed by atoms with Gasteiger partial charge in [0.2, 0.25) is 0 Å². The first-order chi connectivity index (χ1) is 46.8. The standard InChI is InChI=1S/C78H152O17P2/c1-8-11-12-13-14-15-16-17-23-26-29-38-45-52-59-75(80)88-65-73(94-77(82)61-54-47-40-30-27-24-21-19-18-20-22-25-28-35-42-49-56-69(4)5)67-92-96(84,85)90-63-72(79)64-91-97(86,87)93-68-74(95-78(83)62-55-48-41-34-32-37-44-51-58-71(7)10-3)66-89-76(81)60-53-46-39-33-31-36-43-50-57-70(6)9-2/h69-74,79H,8-68H2,1-7H3,(H,84,85)(H,86,87)/t70?,71?,72-,73-,74-/m1/s1. The normalized spacial score (nSPS) is 14.6. The Morgan fingerprint density at radius 2 is 0.526 bits per heavy atom. The van der Waals surface area contributed by atoms with Crippen molar-refractivity contribution in [1.82, 2.24) is 0 Å². The van der Waals surface area contributed by atoms with Crippen molar-refractivity contribution in [1.29, 1.82) is 0 Å². The van der Waals surface area contributed by atoms with E-state index in [-0.39, 0.29) is 25.7 Å². The molecule has 0 saturated carbocycles. The first-order valence-corrected chi connectivity index (χ1v) is 43.4. The second-order valence-corrected chi connectivity index (χ2v) is 32.0. The molecule has 17 nitrogen and oxygen atoms in total. The smallest absolute Gasteiger partial charge is 0.462 e. The number of hydrogen-bond acceptors (Lipinski definition) is 15. The van der Waals surface area contributed by atoms with Gasteiger partial charge in [0.1, 0.15) is 19.3 Å². The minimum atomic E-state index is -4.96. The number of aliphatic hydroxyl groups is 1. The summed E-state index contributed by atoms with van der Waals surface area (Å²) in [5.74, 6) is 0.241. The largest absolute Gasteiger partial charge is 0.472 e. The molecule has 19 heteroatoms. The number of ether oxygens (including phenoxy) is 4. The number of aliphatic hydroxyl groups excluding tert-OH is 1. The second kappa shape index (κ2) is 68.5. The van der Waals surface area contributed by atoms with Gasteiger partial charge >= 0.3 is 39.5 Å². The number of phosphoric acid groups is 2. The fourth-order valence-corrected chi connectivity index (χ4v) is 13.5. The van der Waals surface area contributed by atoms with Crippen LogP contribution in [0.3, 0.4) is 0 Å². The number of phosphoric ester groups is 2. The summed E-state index contributed by atoms with van der Waals surface area (Å²) in [7, 11) is -9.92. The number of esters is 4. The quantitative estimate of drug-likeness (QED) is 0.0222. The van der Waals surface area contributed by atoms with E-state index in [1.54, 1.807) is 0 Å². The van der Waals surface area contributed by atoms with Crippen LogP contribution in [0.5, 0.6) is 0 Å². The molecule has 0 fully saturated rings. The summed E-state index contributed by atoms with van der Waals surface area (Å²) in [6.07, 6.45) is 55.3. The van der Waals surface area contributed by atoms with Gasteiger partial charge in [-0.1, -0.05) is 350 Å². The summed E-state index contributed by atoms with van der Waals surface area (Å²) in [5, 5.41) is 10.6. The first-order valence-electron chi connectivity index (χ1n) is 40.4. The highest BCUT2D eigenvalue weighted by molar-refractivity contribution is 7.47. The molecule has 0 heterocycles. The molecular formula is C78H152O17P2. The summed E-state index contributed by atoms with van der Waals surface area (Å²) in [4.78, 5) is 72.9. The van der Waals surface area contributed by atoms with E-state index in [0.29, 0.717) is 25.7 Å². The molecule has 576 valence electrons. The average molecular weight is 1420 g/mol. The van der Waals surface area contributed by atoms with Crippen molar-refractivity contribution in [3.05, 3.63) is 0 Å². The van der Waals surface area contributed by atoms with E-state index in [9.17, 15) is 43.2 Å². The Bertz CT molecular complexity index is 1890. The monoisotopic (exact) mass is 1420 g/mol. The molecule has 3 N–H and O–H groups in total. The maximum atomic E-state index is 13.1. The van der Waals surface area contributed by atoms with Crippen LogP contribution >= 0.6 is 15.6 Å². The Morgan fingerprint density at radius 3 is 0.784 bits per heavy atom. The van der Waals surface area contributed by atoms with Gasteiger partial charge in [0.25, 0.3) is 0 Å². The number of hydrogen-bond donors (Lipinski definition) is 3. The minimum Gasteiger partial charge on any atom is -0.462 e. The van der Waals surface area contributed by atoms with Crippen molar-refractivity contribution < 1.29 is 80.2 Å². The van der Waals surface area contributed by atoms with E-state index >= 15 is 0 Å². The van der Waals surface area contributed by atoms with Gasteiger partial charge in [-0.05, 0) is 43.4 Å². The van der Waals surface area contributed by atoms with Gasteiger partial charge in [-0.15, -0.1) is 0 Å². The summed E-state index contributed by atoms with van der Waals surface area (Å²) in [5.41, 5.74) is 0. The molecule has 0 aromatic carbocycles. The van der Waals surface area contributed by atoms with Gasteiger partial charge in [-0.3, -0.25) is 37.3 Å². The SMILES string of the molecule is CCCCCCCCCCCCCCCCC(=O)OC[C@H](COP(=O)(O)OC[C@@H](O)COP(=O)(O)OC[C@@H](COC(=O)CCCCCCCCCCC(C)CC)OC(=O)CCCCCCCCCCC(C)CC)OC(=O)CCCCCCCCCCCCCCCCCCC(C)C. The van der Waals surface area contributed by atoms with E-state index in [1.807, 2.05) is 0 Å². The van der Waals surface area contributed by atoms with E-state index in [1.165, 1.54) is 212 Å². The van der Waals surface area contributed by atoms with Crippen molar-refractivity contribution >= 4 is 39.5 Å². The Labute approximate surface area is 594 Å². The van der Waals surface area contributed by atoms with Crippen molar-refractivity contribution in [3.8, 4) is 0 Å². The van der Waals surface area contributed by atoms with Crippen LogP contribution < -0.4 is 0 Å². The third kappa shape index (κ3) is 69.5. The second-order valence-electron chi connectivity index (χ2n) is 29.1. The zero-order valence-electron chi connectivity index (χ0n) is 63.5. The van der Waals surface area contributed by atoms with Gasteiger partial charge in [-0.25, -0.2) is 9.13 Å². The van der Waals surface area contributed by atoms with Gasteiger partial charge in [0, 0.05) is 25.7 Å². The number of rotatable bonds is 76. The number of unbranched alkanes of at least 4 members (excludes halogenated alkanes) is 42. The molecule has 0 aliphatic rings. The van der Waals surface area contributed by atoms with E-state index in [4.69, 9.17) is 37.0 Å². The third-order valence-corrected chi connectivity index (χ3v) is 20.8. The summed E-state index contributed by atoms with van der Waals surface area (Å²) >= 11 is 0. The molecule has 0 aromatic heterocycles. The van der Waals surface area contributed by atoms with Gasteiger partial charge < -0.3 is 33.8 Å². The van der Waals surface area contributed by atoms with Crippen molar-refractivity contribution in [2.45, 2.75) is 420 Å². The van der Waals surface area contributed by atoms with Crippen LogP contribution in [0.4, 0.5) is 0 Å². The lowest BCUT2D eigenvalue weighted by Crippen LogP contribution is -2.30. The molecule has 0 rings (SSSR count). The molecule has 0 aliphatic heterocycles. The van der Waals surface area contributed by atoms with Crippen molar-refractivity contribution in [2.75, 3.05) is 39.6 Å². The highest BCUT2D eigenvalue weighted by Gasteiger charge is 2.30. The topological polar surface area (TPSA) is 237 Å². The summed E-state index contributed by atoms with van der Waals surface area (Å²) < 4.78 is 68.6. The Morgan fingerprint density at radius 1 is 0.299 bits per heavy atom. The van der Waals surface area contributed by atoms with Gasteiger partial charge in [-0.2, -0.15) is 0 Å². The first kappa shape index (κ1) is 95.1. The lowest BCUT2D eigenvalue weighted by Gasteiger charge is -2.21. The molecule has 4 unspecified atom stereocenters. The van der Waals surface area contributed by atoms with Crippen molar-refractivity contribution in [2.24, 2.45) is 17.8 Å². The molecule has 0 aromatic rings. The fourth-order valence-electron chi connectivity index (χ4n) is 11.9. The van der Waals surface area contributed by atoms with Crippen LogP contribution in [0, 0.1) is 17.8 Å². The maximum absolute atomic E-state index is 13.1. The summed E-state index contributed by atoms with van der Waals surface area (Å²) in [6, 6.07) is 0. The van der Waals surface area contributed by atoms with Crippen LogP contribution in [0.2, 0.25) is 0 Å². The zero-order chi connectivity index (χ0) is 71.6. The molecule has 7 atom stereocenters. The maximum Gasteiger partial charge on any atom is 0.472 e. The predicted molar refractivity (Wildman–Crippen MR) is 395 cm³/mol. The lowest BCUT2D eigenvalue weighted by molar-refractivity contribution is -0.161. The van der Waals surface area contributed by atoms with E-state index in [0.717, 1.165) is 108 Å². The van der Waals surface area contributed by atoms with E-state index in [2.05, 4.69) is 48.5 Å². The van der Waals surface area contributed by atoms with Crippen LogP contribution in [-0.4, -0.2) is 96.7 Å². The Balaban J connectivity index is 5.25. The van der Waals surface area contributed by atoms with Crippen molar-refractivity contribution in [3.63, 3.8) is 0 Å². The Kier molecular flexibility index (Phi) is 67.1. The van der Waals surface area contributed by atoms with Crippen LogP contribution in [-0.2, 0) is 65.4 Å². The molecule has 0 bridgehead atoms. The van der Waals surface area contributed by atoms with E-state index < -0.39 is 97.5 Å². The third-order valence-electron chi connectivity index (χ3n) is 18.9. The van der Waals surface area contributed by atoms with Crippen LogP contribution in [0.25, 0.3) is 0 Å². The molecule has 0 saturated heterocycles. The lowest BCUT2D eigenvalue weighted by atomic mass is 9.99.